The van der Waals surface area contributed by atoms with Crippen molar-refractivity contribution < 1.29 is 9.59 Å². The fourth-order valence-corrected chi connectivity index (χ4v) is 2.45. The van der Waals surface area contributed by atoms with Crippen molar-refractivity contribution in [3.8, 4) is 0 Å². The quantitative estimate of drug-likeness (QED) is 0.905. The second-order valence-corrected chi connectivity index (χ2v) is 5.97. The summed E-state index contributed by atoms with van der Waals surface area (Å²) in [4.78, 5) is 36.2. The number of nitrogens with zero attached hydrogens (tertiary/aromatic N) is 4. The van der Waals surface area contributed by atoms with Gasteiger partial charge in [-0.2, -0.15) is 0 Å². The van der Waals surface area contributed by atoms with Crippen LogP contribution >= 0.6 is 0 Å². The first-order chi connectivity index (χ1) is 10.9. The minimum absolute atomic E-state index is 0.0509. The Labute approximate surface area is 137 Å². The monoisotopic (exact) mass is 319 g/mol. The highest BCUT2D eigenvalue weighted by Crippen LogP contribution is 2.12. The molecule has 0 spiro atoms. The SMILES string of the molecule is CCC(C)Nc1nc(C)cc(C(=O)N2CCN(C(C)=O)CC2)n1. The van der Waals surface area contributed by atoms with E-state index in [-0.39, 0.29) is 17.9 Å². The molecule has 1 aromatic heterocycles. The van der Waals surface area contributed by atoms with Crippen molar-refractivity contribution in [1.29, 1.82) is 0 Å². The van der Waals surface area contributed by atoms with Gasteiger partial charge in [0, 0.05) is 44.8 Å². The van der Waals surface area contributed by atoms with Crippen LogP contribution in [0.5, 0.6) is 0 Å². The molecule has 2 amide bonds. The second kappa shape index (κ2) is 7.39. The fourth-order valence-electron chi connectivity index (χ4n) is 2.45. The standard InChI is InChI=1S/C16H25N5O2/c1-5-11(2)17-16-18-12(3)10-14(19-16)15(23)21-8-6-20(7-9-21)13(4)22/h10-11H,5-9H2,1-4H3,(H,17,18,19). The van der Waals surface area contributed by atoms with Gasteiger partial charge in [0.2, 0.25) is 11.9 Å². The Morgan fingerprint density at radius 3 is 2.39 bits per heavy atom. The van der Waals surface area contributed by atoms with Crippen LogP contribution in [0.3, 0.4) is 0 Å². The summed E-state index contributed by atoms with van der Waals surface area (Å²) in [5.41, 5.74) is 1.16. The van der Waals surface area contributed by atoms with Crippen LogP contribution < -0.4 is 5.32 Å². The lowest BCUT2D eigenvalue weighted by molar-refractivity contribution is -0.130. The van der Waals surface area contributed by atoms with Crippen molar-refractivity contribution in [3.63, 3.8) is 0 Å². The summed E-state index contributed by atoms with van der Waals surface area (Å²) in [5, 5.41) is 3.21. The Balaban J connectivity index is 2.09. The van der Waals surface area contributed by atoms with Crippen molar-refractivity contribution in [2.24, 2.45) is 0 Å². The molecule has 1 aromatic rings. The predicted molar refractivity (Wildman–Crippen MR) is 88.3 cm³/mol. The molecule has 0 radical (unpaired) electrons. The summed E-state index contributed by atoms with van der Waals surface area (Å²) in [7, 11) is 0. The first-order valence-electron chi connectivity index (χ1n) is 8.07. The van der Waals surface area contributed by atoms with Crippen molar-refractivity contribution >= 4 is 17.8 Å². The van der Waals surface area contributed by atoms with Gasteiger partial charge in [0.15, 0.2) is 0 Å². The molecule has 0 aliphatic carbocycles. The number of carbonyl (C=O) groups is 2. The van der Waals surface area contributed by atoms with Crippen LogP contribution in [0.25, 0.3) is 0 Å². The molecule has 1 unspecified atom stereocenters. The number of anilines is 1. The first-order valence-corrected chi connectivity index (χ1v) is 8.07. The van der Waals surface area contributed by atoms with E-state index in [1.54, 1.807) is 22.8 Å². The number of rotatable bonds is 4. The van der Waals surface area contributed by atoms with Gasteiger partial charge in [0.05, 0.1) is 0 Å². The minimum atomic E-state index is -0.106. The molecule has 1 saturated heterocycles. The molecule has 0 saturated carbocycles. The average molecular weight is 319 g/mol. The highest BCUT2D eigenvalue weighted by atomic mass is 16.2. The lowest BCUT2D eigenvalue weighted by Crippen LogP contribution is -2.50. The van der Waals surface area contributed by atoms with E-state index in [0.29, 0.717) is 37.8 Å². The number of amides is 2. The summed E-state index contributed by atoms with van der Waals surface area (Å²) in [5.74, 6) is 0.436. The van der Waals surface area contributed by atoms with Crippen LogP contribution in [0.2, 0.25) is 0 Å². The molecule has 7 nitrogen and oxygen atoms in total. The molecule has 1 fully saturated rings. The molecule has 126 valence electrons. The van der Waals surface area contributed by atoms with Crippen molar-refractivity contribution in [3.05, 3.63) is 17.5 Å². The van der Waals surface area contributed by atoms with Crippen LogP contribution in [0, 0.1) is 6.92 Å². The summed E-state index contributed by atoms with van der Waals surface area (Å²) >= 11 is 0. The fraction of sp³-hybridized carbons (Fsp3) is 0.625. The molecule has 7 heteroatoms. The van der Waals surface area contributed by atoms with Crippen LogP contribution in [0.1, 0.15) is 43.4 Å². The van der Waals surface area contributed by atoms with E-state index in [9.17, 15) is 9.59 Å². The molecule has 0 bridgehead atoms. The highest BCUT2D eigenvalue weighted by molar-refractivity contribution is 5.93. The normalized spacial score (nSPS) is 16.2. The molecule has 1 atom stereocenters. The van der Waals surface area contributed by atoms with Gasteiger partial charge in [-0.25, -0.2) is 9.97 Å². The maximum Gasteiger partial charge on any atom is 0.272 e. The van der Waals surface area contributed by atoms with Gasteiger partial charge >= 0.3 is 0 Å². The third kappa shape index (κ3) is 4.40. The van der Waals surface area contributed by atoms with Gasteiger partial charge in [-0.1, -0.05) is 6.92 Å². The van der Waals surface area contributed by atoms with Crippen molar-refractivity contribution in [1.82, 2.24) is 19.8 Å². The van der Waals surface area contributed by atoms with E-state index in [4.69, 9.17) is 0 Å². The highest BCUT2D eigenvalue weighted by Gasteiger charge is 2.24. The van der Waals surface area contributed by atoms with E-state index in [0.717, 1.165) is 12.1 Å². The molecule has 0 aromatic carbocycles. The number of hydrogen-bond donors (Lipinski definition) is 1. The van der Waals surface area contributed by atoms with Crippen LogP contribution in [0.4, 0.5) is 5.95 Å². The van der Waals surface area contributed by atoms with Crippen molar-refractivity contribution in [2.45, 2.75) is 40.2 Å². The van der Waals surface area contributed by atoms with E-state index >= 15 is 0 Å². The van der Waals surface area contributed by atoms with Gasteiger partial charge in [-0.15, -0.1) is 0 Å². The van der Waals surface area contributed by atoms with Crippen LogP contribution in [-0.4, -0.2) is 63.8 Å². The zero-order chi connectivity index (χ0) is 17.0. The molecule has 1 aliphatic heterocycles. The molecule has 2 heterocycles. The van der Waals surface area contributed by atoms with Crippen LogP contribution in [-0.2, 0) is 4.79 Å². The molecule has 1 N–H and O–H groups in total. The number of hydrogen-bond acceptors (Lipinski definition) is 5. The Hall–Kier alpha value is -2.18. The third-order valence-corrected chi connectivity index (χ3v) is 4.07. The number of carbonyl (C=O) groups excluding carboxylic acids is 2. The lowest BCUT2D eigenvalue weighted by Gasteiger charge is -2.34. The Kier molecular flexibility index (Phi) is 5.52. The zero-order valence-corrected chi connectivity index (χ0v) is 14.3. The Morgan fingerprint density at radius 1 is 1.22 bits per heavy atom. The van der Waals surface area contributed by atoms with Gasteiger partial charge < -0.3 is 15.1 Å². The Morgan fingerprint density at radius 2 is 1.83 bits per heavy atom. The summed E-state index contributed by atoms with van der Waals surface area (Å²) in [6.45, 7) is 9.76. The van der Waals surface area contributed by atoms with E-state index in [1.165, 1.54) is 0 Å². The molecular formula is C16H25N5O2. The number of aryl methyl sites for hydroxylation is 1. The summed E-state index contributed by atoms with van der Waals surface area (Å²) < 4.78 is 0. The van der Waals surface area contributed by atoms with E-state index in [2.05, 4.69) is 22.2 Å². The van der Waals surface area contributed by atoms with E-state index in [1.807, 2.05) is 13.8 Å². The smallest absolute Gasteiger partial charge is 0.272 e. The molecule has 23 heavy (non-hydrogen) atoms. The van der Waals surface area contributed by atoms with Crippen molar-refractivity contribution in [2.75, 3.05) is 31.5 Å². The van der Waals surface area contributed by atoms with Gasteiger partial charge in [-0.3, -0.25) is 9.59 Å². The topological polar surface area (TPSA) is 78.4 Å². The average Bonchev–Trinajstić information content (AvgIpc) is 2.53. The number of aromatic nitrogens is 2. The van der Waals surface area contributed by atoms with E-state index < -0.39 is 0 Å². The first kappa shape index (κ1) is 17.2. The maximum absolute atomic E-state index is 12.6. The molecule has 2 rings (SSSR count). The number of nitrogens with one attached hydrogen (secondary N) is 1. The van der Waals surface area contributed by atoms with Gasteiger partial charge in [0.25, 0.3) is 5.91 Å². The Bertz CT molecular complexity index is 582. The maximum atomic E-state index is 12.6. The number of piperazine rings is 1. The largest absolute Gasteiger partial charge is 0.352 e. The lowest BCUT2D eigenvalue weighted by atomic mass is 10.2. The second-order valence-electron chi connectivity index (χ2n) is 5.97. The third-order valence-electron chi connectivity index (χ3n) is 4.07. The van der Waals surface area contributed by atoms with Gasteiger partial charge in [0.1, 0.15) is 5.69 Å². The minimum Gasteiger partial charge on any atom is -0.352 e. The summed E-state index contributed by atoms with van der Waals surface area (Å²) in [6, 6.07) is 1.96. The molecular weight excluding hydrogens is 294 g/mol. The zero-order valence-electron chi connectivity index (χ0n) is 14.3. The van der Waals surface area contributed by atoms with Gasteiger partial charge in [-0.05, 0) is 26.3 Å². The molecule has 1 aliphatic rings. The predicted octanol–water partition coefficient (Wildman–Crippen LogP) is 1.30. The summed E-state index contributed by atoms with van der Waals surface area (Å²) in [6.07, 6.45) is 0.952. The van der Waals surface area contributed by atoms with Crippen LogP contribution in [0.15, 0.2) is 6.07 Å².